The van der Waals surface area contributed by atoms with Crippen molar-refractivity contribution in [2.24, 2.45) is 0 Å². The molecule has 104 valence electrons. The Bertz CT molecular complexity index is 460. The number of nitrogens with one attached hydrogen (secondary N) is 2. The number of carbonyl (C=O) groups is 2. The highest BCUT2D eigenvalue weighted by Crippen LogP contribution is 2.21. The van der Waals surface area contributed by atoms with Crippen LogP contribution in [0.2, 0.25) is 0 Å². The monoisotopic (exact) mass is 265 g/mol. The van der Waals surface area contributed by atoms with Gasteiger partial charge in [0.25, 0.3) is 5.91 Å². The fraction of sp³-hybridized carbons (Fsp3) is 0.385. The fourth-order valence-corrected chi connectivity index (χ4v) is 1.53. The molecule has 0 fully saturated rings. The molecule has 0 aliphatic heterocycles. The summed E-state index contributed by atoms with van der Waals surface area (Å²) < 4.78 is 5.04. The number of ether oxygens (including phenoxy) is 1. The number of amides is 2. The molecular weight excluding hydrogens is 246 g/mol. The maximum Gasteiger partial charge on any atom is 0.251 e. The number of benzene rings is 1. The van der Waals surface area contributed by atoms with Crippen LogP contribution < -0.4 is 21.1 Å². The SMILES string of the molecule is CCNC(=O)CCNC(=O)c1ccc(N)c(OC)c1. The predicted octanol–water partition coefficient (Wildman–Crippen LogP) is 0.533. The van der Waals surface area contributed by atoms with E-state index in [4.69, 9.17) is 10.5 Å². The predicted molar refractivity (Wildman–Crippen MR) is 73.0 cm³/mol. The zero-order valence-electron chi connectivity index (χ0n) is 11.2. The molecule has 0 atom stereocenters. The van der Waals surface area contributed by atoms with Gasteiger partial charge in [0.15, 0.2) is 0 Å². The maximum atomic E-state index is 11.8. The molecule has 0 aliphatic rings. The van der Waals surface area contributed by atoms with Crippen LogP contribution in [0.15, 0.2) is 18.2 Å². The van der Waals surface area contributed by atoms with Gasteiger partial charge in [0.2, 0.25) is 5.91 Å². The van der Waals surface area contributed by atoms with Crippen LogP contribution in [0.1, 0.15) is 23.7 Å². The van der Waals surface area contributed by atoms with Crippen LogP contribution in [0, 0.1) is 0 Å². The summed E-state index contributed by atoms with van der Waals surface area (Å²) >= 11 is 0. The van der Waals surface area contributed by atoms with Crippen molar-refractivity contribution in [3.63, 3.8) is 0 Å². The molecule has 6 heteroatoms. The normalized spacial score (nSPS) is 9.79. The van der Waals surface area contributed by atoms with E-state index in [-0.39, 0.29) is 24.8 Å². The molecule has 0 saturated heterocycles. The summed E-state index contributed by atoms with van der Waals surface area (Å²) in [6.07, 6.45) is 0.256. The summed E-state index contributed by atoms with van der Waals surface area (Å²) in [5.41, 5.74) is 6.58. The second-order valence-electron chi connectivity index (χ2n) is 3.92. The van der Waals surface area contributed by atoms with E-state index in [2.05, 4.69) is 10.6 Å². The smallest absolute Gasteiger partial charge is 0.251 e. The van der Waals surface area contributed by atoms with Crippen molar-refractivity contribution in [3.05, 3.63) is 23.8 Å². The minimum Gasteiger partial charge on any atom is -0.495 e. The van der Waals surface area contributed by atoms with Crippen molar-refractivity contribution in [2.75, 3.05) is 25.9 Å². The average molecular weight is 265 g/mol. The molecule has 0 saturated carbocycles. The van der Waals surface area contributed by atoms with E-state index >= 15 is 0 Å². The van der Waals surface area contributed by atoms with Crippen molar-refractivity contribution in [3.8, 4) is 5.75 Å². The Kier molecular flexibility index (Phi) is 5.66. The van der Waals surface area contributed by atoms with E-state index in [9.17, 15) is 9.59 Å². The van der Waals surface area contributed by atoms with Crippen LogP contribution in [0.5, 0.6) is 5.75 Å². The first-order chi connectivity index (χ1) is 9.08. The van der Waals surface area contributed by atoms with Crippen LogP contribution in [0.4, 0.5) is 5.69 Å². The lowest BCUT2D eigenvalue weighted by atomic mass is 10.1. The highest BCUT2D eigenvalue weighted by atomic mass is 16.5. The van der Waals surface area contributed by atoms with Crippen LogP contribution in [0.3, 0.4) is 0 Å². The third-order valence-electron chi connectivity index (χ3n) is 2.51. The average Bonchev–Trinajstić information content (AvgIpc) is 2.39. The molecule has 19 heavy (non-hydrogen) atoms. The van der Waals surface area contributed by atoms with E-state index in [1.165, 1.54) is 7.11 Å². The Labute approximate surface area is 112 Å². The number of anilines is 1. The molecule has 2 amide bonds. The Morgan fingerprint density at radius 2 is 2.05 bits per heavy atom. The molecule has 6 nitrogen and oxygen atoms in total. The highest BCUT2D eigenvalue weighted by molar-refractivity contribution is 5.95. The summed E-state index contributed by atoms with van der Waals surface area (Å²) in [6.45, 7) is 2.72. The molecule has 0 bridgehead atoms. The molecule has 1 aromatic rings. The minimum atomic E-state index is -0.261. The maximum absolute atomic E-state index is 11.8. The summed E-state index contributed by atoms with van der Waals surface area (Å²) in [6, 6.07) is 4.79. The molecule has 0 radical (unpaired) electrons. The third-order valence-corrected chi connectivity index (χ3v) is 2.51. The first kappa shape index (κ1) is 14.8. The largest absolute Gasteiger partial charge is 0.495 e. The van der Waals surface area contributed by atoms with Crippen molar-refractivity contribution < 1.29 is 14.3 Å². The summed E-state index contributed by atoms with van der Waals surface area (Å²) in [5, 5.41) is 5.32. The van der Waals surface area contributed by atoms with Crippen molar-refractivity contribution >= 4 is 17.5 Å². The standard InChI is InChI=1S/C13H19N3O3/c1-3-15-12(17)6-7-16-13(18)9-4-5-10(14)11(8-9)19-2/h4-5,8H,3,6-7,14H2,1-2H3,(H,15,17)(H,16,18). The lowest BCUT2D eigenvalue weighted by Gasteiger charge is -2.08. The first-order valence-corrected chi connectivity index (χ1v) is 6.07. The molecule has 0 heterocycles. The molecule has 0 unspecified atom stereocenters. The van der Waals surface area contributed by atoms with E-state index in [0.29, 0.717) is 23.5 Å². The summed E-state index contributed by atoms with van der Waals surface area (Å²) in [7, 11) is 1.49. The first-order valence-electron chi connectivity index (χ1n) is 6.07. The van der Waals surface area contributed by atoms with Crippen LogP contribution in [-0.2, 0) is 4.79 Å². The molecule has 4 N–H and O–H groups in total. The molecule has 0 aromatic heterocycles. The zero-order chi connectivity index (χ0) is 14.3. The second-order valence-corrected chi connectivity index (χ2v) is 3.92. The van der Waals surface area contributed by atoms with Crippen LogP contribution in [0.25, 0.3) is 0 Å². The molecule has 1 rings (SSSR count). The van der Waals surface area contributed by atoms with Gasteiger partial charge in [-0.05, 0) is 25.1 Å². The van der Waals surface area contributed by atoms with Gasteiger partial charge in [-0.3, -0.25) is 9.59 Å². The number of nitrogen functional groups attached to an aromatic ring is 1. The Morgan fingerprint density at radius 3 is 2.68 bits per heavy atom. The fourth-order valence-electron chi connectivity index (χ4n) is 1.53. The summed E-state index contributed by atoms with van der Waals surface area (Å²) in [4.78, 5) is 23.0. The Morgan fingerprint density at radius 1 is 1.32 bits per heavy atom. The van der Waals surface area contributed by atoms with Gasteiger partial charge < -0.3 is 21.1 Å². The van der Waals surface area contributed by atoms with Crippen LogP contribution in [-0.4, -0.2) is 32.0 Å². The second kappa shape index (κ2) is 7.25. The van der Waals surface area contributed by atoms with E-state index < -0.39 is 0 Å². The van der Waals surface area contributed by atoms with E-state index in [1.54, 1.807) is 18.2 Å². The number of hydrogen-bond acceptors (Lipinski definition) is 4. The van der Waals surface area contributed by atoms with Gasteiger partial charge in [0.05, 0.1) is 12.8 Å². The third kappa shape index (κ3) is 4.50. The lowest BCUT2D eigenvalue weighted by Crippen LogP contribution is -2.30. The van der Waals surface area contributed by atoms with Gasteiger partial charge in [-0.2, -0.15) is 0 Å². The molecule has 0 spiro atoms. The Balaban J connectivity index is 2.52. The van der Waals surface area contributed by atoms with Gasteiger partial charge >= 0.3 is 0 Å². The van der Waals surface area contributed by atoms with Gasteiger partial charge in [0, 0.05) is 25.1 Å². The number of carbonyl (C=O) groups excluding carboxylic acids is 2. The Hall–Kier alpha value is -2.24. The number of methoxy groups -OCH3 is 1. The molecule has 1 aromatic carbocycles. The van der Waals surface area contributed by atoms with Crippen molar-refractivity contribution in [1.82, 2.24) is 10.6 Å². The molecular formula is C13H19N3O3. The number of nitrogens with two attached hydrogens (primary N) is 1. The van der Waals surface area contributed by atoms with E-state index in [0.717, 1.165) is 0 Å². The van der Waals surface area contributed by atoms with Crippen molar-refractivity contribution in [2.45, 2.75) is 13.3 Å². The van der Waals surface area contributed by atoms with E-state index in [1.807, 2.05) is 6.92 Å². The van der Waals surface area contributed by atoms with Crippen molar-refractivity contribution in [1.29, 1.82) is 0 Å². The van der Waals surface area contributed by atoms with Crippen LogP contribution >= 0.6 is 0 Å². The van der Waals surface area contributed by atoms with Gasteiger partial charge in [0.1, 0.15) is 5.75 Å². The van der Waals surface area contributed by atoms with Gasteiger partial charge in [-0.1, -0.05) is 0 Å². The number of hydrogen-bond donors (Lipinski definition) is 3. The summed E-state index contributed by atoms with van der Waals surface area (Å²) in [5.74, 6) is 0.108. The number of rotatable bonds is 6. The lowest BCUT2D eigenvalue weighted by molar-refractivity contribution is -0.120. The zero-order valence-corrected chi connectivity index (χ0v) is 11.2. The topological polar surface area (TPSA) is 93.5 Å². The quantitative estimate of drug-likeness (QED) is 0.654. The van der Waals surface area contributed by atoms with Gasteiger partial charge in [-0.15, -0.1) is 0 Å². The highest BCUT2D eigenvalue weighted by Gasteiger charge is 2.09. The minimum absolute atomic E-state index is 0.0855. The molecule has 0 aliphatic carbocycles. The van der Waals surface area contributed by atoms with Gasteiger partial charge in [-0.25, -0.2) is 0 Å².